The minimum Gasteiger partial charge on any atom is -0.490 e. The lowest BCUT2D eigenvalue weighted by molar-refractivity contribution is -0.115. The van der Waals surface area contributed by atoms with Gasteiger partial charge in [-0.05, 0) is 80.9 Å². The topological polar surface area (TPSA) is 59.9 Å². The maximum Gasteiger partial charge on any atom is 0.264 e. The molecule has 1 amide bonds. The molecular formula is C22H22Cl2N2O3S. The van der Waals surface area contributed by atoms with E-state index in [2.05, 4.69) is 10.3 Å². The first-order chi connectivity index (χ1) is 14.3. The van der Waals surface area contributed by atoms with Crippen molar-refractivity contribution in [3.63, 3.8) is 0 Å². The molecule has 5 nitrogen and oxygen atoms in total. The van der Waals surface area contributed by atoms with Crippen LogP contribution in [0.15, 0.2) is 40.2 Å². The molecule has 2 aromatic carbocycles. The minimum atomic E-state index is -0.227. The molecule has 0 spiro atoms. The van der Waals surface area contributed by atoms with E-state index in [-0.39, 0.29) is 12.0 Å². The molecule has 8 heteroatoms. The first-order valence-corrected chi connectivity index (χ1v) is 11.0. The molecular weight excluding hydrogens is 443 g/mol. The van der Waals surface area contributed by atoms with Gasteiger partial charge in [-0.25, -0.2) is 4.99 Å². The Kier molecular flexibility index (Phi) is 7.34. The van der Waals surface area contributed by atoms with Gasteiger partial charge in [0.1, 0.15) is 0 Å². The van der Waals surface area contributed by atoms with Crippen LogP contribution in [-0.4, -0.2) is 23.8 Å². The second-order valence-corrected chi connectivity index (χ2v) is 8.64. The zero-order valence-corrected chi connectivity index (χ0v) is 19.4. The number of hydrogen-bond acceptors (Lipinski definition) is 5. The largest absolute Gasteiger partial charge is 0.490 e. The smallest absolute Gasteiger partial charge is 0.264 e. The molecule has 3 rings (SSSR count). The van der Waals surface area contributed by atoms with Crippen molar-refractivity contribution >= 4 is 57.8 Å². The van der Waals surface area contributed by atoms with E-state index in [0.29, 0.717) is 43.9 Å². The maximum absolute atomic E-state index is 12.4. The highest BCUT2D eigenvalue weighted by Crippen LogP contribution is 2.39. The third-order valence-electron chi connectivity index (χ3n) is 4.09. The fourth-order valence-electron chi connectivity index (χ4n) is 2.74. The molecule has 2 aromatic rings. The van der Waals surface area contributed by atoms with Crippen LogP contribution in [0, 0.1) is 6.92 Å². The Morgan fingerprint density at radius 2 is 2.00 bits per heavy atom. The van der Waals surface area contributed by atoms with Gasteiger partial charge in [0.15, 0.2) is 16.7 Å². The lowest BCUT2D eigenvalue weighted by Crippen LogP contribution is -2.19. The van der Waals surface area contributed by atoms with Crippen molar-refractivity contribution in [2.24, 2.45) is 4.99 Å². The van der Waals surface area contributed by atoms with Gasteiger partial charge in [0.2, 0.25) is 0 Å². The Balaban J connectivity index is 1.90. The van der Waals surface area contributed by atoms with Crippen molar-refractivity contribution in [2.45, 2.75) is 33.8 Å². The van der Waals surface area contributed by atoms with Crippen LogP contribution in [0.3, 0.4) is 0 Å². The molecule has 1 aliphatic rings. The average molecular weight is 465 g/mol. The maximum atomic E-state index is 12.4. The molecule has 0 saturated carbocycles. The number of benzene rings is 2. The SMILES string of the molecule is CCOc1cc(/C=C2/SC(=Nc3cccc(Cl)c3C)NC2=O)cc(Cl)c1OC(C)C. The Hall–Kier alpha value is -2.15. The van der Waals surface area contributed by atoms with Gasteiger partial charge in [-0.3, -0.25) is 4.79 Å². The van der Waals surface area contributed by atoms with Crippen LogP contribution in [0.5, 0.6) is 11.5 Å². The van der Waals surface area contributed by atoms with Gasteiger partial charge in [0.25, 0.3) is 5.91 Å². The number of hydrogen-bond donors (Lipinski definition) is 1. The van der Waals surface area contributed by atoms with Gasteiger partial charge < -0.3 is 14.8 Å². The second-order valence-electron chi connectivity index (χ2n) is 6.80. The summed E-state index contributed by atoms with van der Waals surface area (Å²) in [4.78, 5) is 17.5. The van der Waals surface area contributed by atoms with E-state index in [1.807, 2.05) is 45.9 Å². The van der Waals surface area contributed by atoms with E-state index < -0.39 is 0 Å². The van der Waals surface area contributed by atoms with E-state index in [1.54, 1.807) is 18.2 Å². The quantitative estimate of drug-likeness (QED) is 0.503. The van der Waals surface area contributed by atoms with Crippen LogP contribution in [-0.2, 0) is 4.79 Å². The summed E-state index contributed by atoms with van der Waals surface area (Å²) in [6.45, 7) is 8.08. The Bertz CT molecular complexity index is 1040. The summed E-state index contributed by atoms with van der Waals surface area (Å²) in [6, 6.07) is 9.04. The molecule has 1 N–H and O–H groups in total. The summed E-state index contributed by atoms with van der Waals surface area (Å²) >= 11 is 13.8. The summed E-state index contributed by atoms with van der Waals surface area (Å²) < 4.78 is 11.5. The number of nitrogens with one attached hydrogen (secondary N) is 1. The zero-order valence-electron chi connectivity index (χ0n) is 17.1. The van der Waals surface area contributed by atoms with Crippen molar-refractivity contribution in [2.75, 3.05) is 6.61 Å². The summed E-state index contributed by atoms with van der Waals surface area (Å²) in [5.41, 5.74) is 2.30. The van der Waals surface area contributed by atoms with Crippen LogP contribution in [0.2, 0.25) is 10.0 Å². The molecule has 0 aliphatic carbocycles. The Labute approximate surface area is 190 Å². The molecule has 0 atom stereocenters. The summed E-state index contributed by atoms with van der Waals surface area (Å²) in [7, 11) is 0. The number of carbonyl (C=O) groups excluding carboxylic acids is 1. The molecule has 0 unspecified atom stereocenters. The fraction of sp³-hybridized carbons (Fsp3) is 0.273. The summed E-state index contributed by atoms with van der Waals surface area (Å²) in [5, 5.41) is 4.33. The summed E-state index contributed by atoms with van der Waals surface area (Å²) in [5.74, 6) is 0.810. The van der Waals surface area contributed by atoms with Crippen LogP contribution in [0.1, 0.15) is 31.9 Å². The number of nitrogens with zero attached hydrogens (tertiary/aromatic N) is 1. The highest BCUT2D eigenvalue weighted by Gasteiger charge is 2.24. The second kappa shape index (κ2) is 9.77. The van der Waals surface area contributed by atoms with E-state index in [0.717, 1.165) is 11.1 Å². The van der Waals surface area contributed by atoms with Gasteiger partial charge in [0, 0.05) is 5.02 Å². The lowest BCUT2D eigenvalue weighted by Gasteiger charge is -2.16. The van der Waals surface area contributed by atoms with Crippen LogP contribution < -0.4 is 14.8 Å². The molecule has 158 valence electrons. The number of amides is 1. The van der Waals surface area contributed by atoms with E-state index in [9.17, 15) is 4.79 Å². The molecule has 0 radical (unpaired) electrons. The fourth-order valence-corrected chi connectivity index (χ4v) is 4.01. The molecule has 1 saturated heterocycles. The van der Waals surface area contributed by atoms with Gasteiger partial charge in [0.05, 0.1) is 28.3 Å². The molecule has 1 fully saturated rings. The molecule has 0 bridgehead atoms. The van der Waals surface area contributed by atoms with E-state index in [4.69, 9.17) is 32.7 Å². The van der Waals surface area contributed by atoms with Gasteiger partial charge >= 0.3 is 0 Å². The lowest BCUT2D eigenvalue weighted by atomic mass is 10.1. The number of ether oxygens (including phenoxy) is 2. The predicted molar refractivity (Wildman–Crippen MR) is 125 cm³/mol. The molecule has 1 heterocycles. The van der Waals surface area contributed by atoms with E-state index >= 15 is 0 Å². The number of halogens is 2. The number of amidine groups is 1. The van der Waals surface area contributed by atoms with Crippen molar-refractivity contribution < 1.29 is 14.3 Å². The van der Waals surface area contributed by atoms with Crippen LogP contribution in [0.4, 0.5) is 5.69 Å². The number of aliphatic imine (C=N–C) groups is 1. The average Bonchev–Trinajstić information content (AvgIpc) is 3.01. The first kappa shape index (κ1) is 22.5. The van der Waals surface area contributed by atoms with Crippen LogP contribution in [0.25, 0.3) is 6.08 Å². The van der Waals surface area contributed by atoms with Gasteiger partial charge in [-0.1, -0.05) is 29.3 Å². The number of carbonyl (C=O) groups is 1. The highest BCUT2D eigenvalue weighted by atomic mass is 35.5. The third-order valence-corrected chi connectivity index (χ3v) is 5.70. The Morgan fingerprint density at radius 3 is 2.70 bits per heavy atom. The zero-order chi connectivity index (χ0) is 21.8. The van der Waals surface area contributed by atoms with Crippen molar-refractivity contribution in [1.29, 1.82) is 0 Å². The summed E-state index contributed by atoms with van der Waals surface area (Å²) in [6.07, 6.45) is 1.71. The first-order valence-electron chi connectivity index (χ1n) is 9.46. The molecule has 1 aliphatic heterocycles. The van der Waals surface area contributed by atoms with Gasteiger partial charge in [-0.2, -0.15) is 0 Å². The van der Waals surface area contributed by atoms with Crippen molar-refractivity contribution in [3.05, 3.63) is 56.4 Å². The third kappa shape index (κ3) is 5.31. The highest BCUT2D eigenvalue weighted by molar-refractivity contribution is 8.18. The minimum absolute atomic E-state index is 0.0456. The van der Waals surface area contributed by atoms with Crippen LogP contribution >= 0.6 is 35.0 Å². The monoisotopic (exact) mass is 464 g/mol. The molecule has 0 aromatic heterocycles. The van der Waals surface area contributed by atoms with E-state index in [1.165, 1.54) is 11.8 Å². The van der Waals surface area contributed by atoms with Gasteiger partial charge in [-0.15, -0.1) is 0 Å². The standard InChI is InChI=1S/C22H22Cl2N2O3S/c1-5-28-18-10-14(9-16(24)20(18)29-12(2)3)11-19-21(27)26-22(30-19)25-17-8-6-7-15(23)13(17)4/h6-12H,5H2,1-4H3,(H,25,26,27)/b19-11+. The number of thioether (sulfide) groups is 1. The van der Waals surface area contributed by atoms with Crippen molar-refractivity contribution in [3.8, 4) is 11.5 Å². The normalized spacial score (nSPS) is 16.4. The number of rotatable bonds is 6. The molecule has 30 heavy (non-hydrogen) atoms. The Morgan fingerprint density at radius 1 is 1.23 bits per heavy atom. The predicted octanol–water partition coefficient (Wildman–Crippen LogP) is 6.38. The van der Waals surface area contributed by atoms with Crippen molar-refractivity contribution in [1.82, 2.24) is 5.32 Å².